The molecule has 0 fully saturated rings. The summed E-state index contributed by atoms with van der Waals surface area (Å²) in [5, 5.41) is 11.1. The molecule has 0 saturated heterocycles. The van der Waals surface area contributed by atoms with Gasteiger partial charge in [0.15, 0.2) is 0 Å². The van der Waals surface area contributed by atoms with E-state index in [1.807, 2.05) is 32.0 Å². The van der Waals surface area contributed by atoms with E-state index < -0.39 is 6.10 Å². The minimum atomic E-state index is -0.801. The Labute approximate surface area is 130 Å². The highest BCUT2D eigenvalue weighted by Gasteiger charge is 2.22. The highest BCUT2D eigenvalue weighted by atomic mass is 35.5. The van der Waals surface area contributed by atoms with Crippen LogP contribution in [-0.2, 0) is 0 Å². The van der Waals surface area contributed by atoms with Crippen molar-refractivity contribution >= 4 is 11.6 Å². The van der Waals surface area contributed by atoms with Crippen molar-refractivity contribution in [2.45, 2.75) is 20.0 Å². The fraction of sp³-hybridized carbons (Fsp3) is 0.294. The van der Waals surface area contributed by atoms with Crippen LogP contribution in [0.4, 0.5) is 0 Å². The molecule has 3 nitrogen and oxygen atoms in total. The standard InChI is InChI=1S/C17H19ClO3/c1-10-6-5-7-11(2)14(10)16(19)12-8-9-13(20-3)15(18)17(12)21-4/h5-9,16,19H,1-4H3. The van der Waals surface area contributed by atoms with Gasteiger partial charge in [0.05, 0.1) is 14.2 Å². The van der Waals surface area contributed by atoms with Crippen molar-refractivity contribution in [2.75, 3.05) is 14.2 Å². The van der Waals surface area contributed by atoms with Crippen molar-refractivity contribution in [1.29, 1.82) is 0 Å². The molecule has 2 aromatic rings. The van der Waals surface area contributed by atoms with E-state index in [9.17, 15) is 5.11 Å². The maximum absolute atomic E-state index is 10.8. The van der Waals surface area contributed by atoms with Crippen molar-refractivity contribution in [3.05, 3.63) is 57.6 Å². The molecule has 0 aliphatic carbocycles. The molecule has 0 aliphatic rings. The summed E-state index contributed by atoms with van der Waals surface area (Å²) in [6, 6.07) is 9.43. The molecular weight excluding hydrogens is 288 g/mol. The molecule has 0 radical (unpaired) electrons. The number of aliphatic hydroxyl groups is 1. The van der Waals surface area contributed by atoms with Gasteiger partial charge < -0.3 is 14.6 Å². The third-order valence-corrected chi connectivity index (χ3v) is 3.98. The van der Waals surface area contributed by atoms with Gasteiger partial charge in [0.2, 0.25) is 0 Å². The van der Waals surface area contributed by atoms with Crippen LogP contribution >= 0.6 is 11.6 Å². The van der Waals surface area contributed by atoms with E-state index in [1.54, 1.807) is 19.2 Å². The average molecular weight is 307 g/mol. The quantitative estimate of drug-likeness (QED) is 0.926. The van der Waals surface area contributed by atoms with Crippen molar-refractivity contribution in [3.63, 3.8) is 0 Å². The van der Waals surface area contributed by atoms with Gasteiger partial charge in [0.1, 0.15) is 22.6 Å². The van der Waals surface area contributed by atoms with Gasteiger partial charge in [-0.2, -0.15) is 0 Å². The number of hydrogen-bond acceptors (Lipinski definition) is 3. The minimum Gasteiger partial charge on any atom is -0.495 e. The monoisotopic (exact) mass is 306 g/mol. The van der Waals surface area contributed by atoms with E-state index >= 15 is 0 Å². The van der Waals surface area contributed by atoms with E-state index in [-0.39, 0.29) is 0 Å². The Morgan fingerprint density at radius 3 is 2.14 bits per heavy atom. The predicted molar refractivity (Wildman–Crippen MR) is 84.5 cm³/mol. The molecule has 0 amide bonds. The van der Waals surface area contributed by atoms with E-state index in [0.717, 1.165) is 16.7 Å². The van der Waals surface area contributed by atoms with E-state index in [0.29, 0.717) is 22.1 Å². The summed E-state index contributed by atoms with van der Waals surface area (Å²) in [6.45, 7) is 3.95. The molecule has 0 aromatic heterocycles. The first kappa shape index (κ1) is 15.7. The Bertz CT molecular complexity index is 632. The second-order valence-electron chi connectivity index (χ2n) is 4.91. The second-order valence-corrected chi connectivity index (χ2v) is 5.29. The van der Waals surface area contributed by atoms with Crippen molar-refractivity contribution < 1.29 is 14.6 Å². The third-order valence-electron chi connectivity index (χ3n) is 3.63. The minimum absolute atomic E-state index is 0.364. The fourth-order valence-electron chi connectivity index (χ4n) is 2.55. The molecular formula is C17H19ClO3. The van der Waals surface area contributed by atoms with E-state index in [4.69, 9.17) is 21.1 Å². The summed E-state index contributed by atoms with van der Waals surface area (Å²) in [5.41, 5.74) is 3.55. The highest BCUT2D eigenvalue weighted by Crippen LogP contribution is 2.41. The molecule has 2 rings (SSSR count). The van der Waals surface area contributed by atoms with Crippen LogP contribution in [0.25, 0.3) is 0 Å². The zero-order valence-corrected chi connectivity index (χ0v) is 13.4. The average Bonchev–Trinajstić information content (AvgIpc) is 2.46. The van der Waals surface area contributed by atoms with E-state index in [1.165, 1.54) is 7.11 Å². The summed E-state index contributed by atoms with van der Waals surface area (Å²) >= 11 is 6.26. The lowest BCUT2D eigenvalue weighted by Crippen LogP contribution is -2.07. The Kier molecular flexibility index (Phi) is 4.76. The second kappa shape index (κ2) is 6.37. The first-order valence-electron chi connectivity index (χ1n) is 6.65. The van der Waals surface area contributed by atoms with Crippen LogP contribution in [0.5, 0.6) is 11.5 Å². The van der Waals surface area contributed by atoms with Gasteiger partial charge in [0.25, 0.3) is 0 Å². The topological polar surface area (TPSA) is 38.7 Å². The van der Waals surface area contributed by atoms with Gasteiger partial charge in [-0.25, -0.2) is 0 Å². The van der Waals surface area contributed by atoms with Gasteiger partial charge in [-0.05, 0) is 42.7 Å². The zero-order valence-electron chi connectivity index (χ0n) is 12.6. The molecule has 0 heterocycles. The molecule has 1 unspecified atom stereocenters. The van der Waals surface area contributed by atoms with E-state index in [2.05, 4.69) is 0 Å². The summed E-state index contributed by atoms with van der Waals surface area (Å²) in [5.74, 6) is 0.956. The zero-order chi connectivity index (χ0) is 15.6. The Morgan fingerprint density at radius 1 is 1.00 bits per heavy atom. The summed E-state index contributed by atoms with van der Waals surface area (Å²) < 4.78 is 10.6. The van der Waals surface area contributed by atoms with Crippen LogP contribution in [0.1, 0.15) is 28.4 Å². The first-order chi connectivity index (χ1) is 10.0. The Morgan fingerprint density at radius 2 is 1.62 bits per heavy atom. The van der Waals surface area contributed by atoms with Crippen LogP contribution in [0.2, 0.25) is 5.02 Å². The normalized spacial score (nSPS) is 12.1. The van der Waals surface area contributed by atoms with Crippen LogP contribution in [0.15, 0.2) is 30.3 Å². The molecule has 0 saturated carbocycles. The predicted octanol–water partition coefficient (Wildman–Crippen LogP) is 4.06. The number of benzene rings is 2. The number of ether oxygens (including phenoxy) is 2. The molecule has 2 aromatic carbocycles. The van der Waals surface area contributed by atoms with Gasteiger partial charge in [-0.1, -0.05) is 29.8 Å². The number of hydrogen-bond donors (Lipinski definition) is 1. The van der Waals surface area contributed by atoms with Gasteiger partial charge in [-0.15, -0.1) is 0 Å². The number of methoxy groups -OCH3 is 2. The van der Waals surface area contributed by atoms with Crippen molar-refractivity contribution in [1.82, 2.24) is 0 Å². The SMILES string of the molecule is COc1ccc(C(O)c2c(C)cccc2C)c(OC)c1Cl. The number of aliphatic hydroxyl groups excluding tert-OH is 1. The van der Waals surface area contributed by atoms with Crippen molar-refractivity contribution in [2.24, 2.45) is 0 Å². The first-order valence-corrected chi connectivity index (χ1v) is 7.03. The molecule has 0 spiro atoms. The van der Waals surface area contributed by atoms with Crippen LogP contribution in [-0.4, -0.2) is 19.3 Å². The molecule has 0 bridgehead atoms. The Hall–Kier alpha value is -1.71. The molecule has 4 heteroatoms. The molecule has 1 N–H and O–H groups in total. The van der Waals surface area contributed by atoms with Crippen molar-refractivity contribution in [3.8, 4) is 11.5 Å². The number of halogens is 1. The smallest absolute Gasteiger partial charge is 0.147 e. The summed E-state index contributed by atoms with van der Waals surface area (Å²) in [6.07, 6.45) is -0.801. The molecule has 1 atom stereocenters. The summed E-state index contributed by atoms with van der Waals surface area (Å²) in [7, 11) is 3.07. The fourth-order valence-corrected chi connectivity index (χ4v) is 2.87. The largest absolute Gasteiger partial charge is 0.495 e. The van der Waals surface area contributed by atoms with Crippen LogP contribution in [0, 0.1) is 13.8 Å². The third kappa shape index (κ3) is 2.85. The van der Waals surface area contributed by atoms with Gasteiger partial charge in [0, 0.05) is 5.56 Å². The molecule has 112 valence electrons. The Balaban J connectivity index is 2.59. The highest BCUT2D eigenvalue weighted by molar-refractivity contribution is 6.33. The number of rotatable bonds is 4. The molecule has 0 aliphatic heterocycles. The lowest BCUT2D eigenvalue weighted by molar-refractivity contribution is 0.213. The number of aryl methyl sites for hydroxylation is 2. The summed E-state index contributed by atoms with van der Waals surface area (Å²) in [4.78, 5) is 0. The van der Waals surface area contributed by atoms with Gasteiger partial charge >= 0.3 is 0 Å². The maximum Gasteiger partial charge on any atom is 0.147 e. The lowest BCUT2D eigenvalue weighted by Gasteiger charge is -2.20. The van der Waals surface area contributed by atoms with Crippen LogP contribution in [0.3, 0.4) is 0 Å². The lowest BCUT2D eigenvalue weighted by atomic mass is 9.93. The maximum atomic E-state index is 10.8. The van der Waals surface area contributed by atoms with Gasteiger partial charge in [-0.3, -0.25) is 0 Å². The molecule has 21 heavy (non-hydrogen) atoms. The van der Waals surface area contributed by atoms with Crippen LogP contribution < -0.4 is 9.47 Å².